The summed E-state index contributed by atoms with van der Waals surface area (Å²) in [6.45, 7) is -1.07. The number of ketones is 1. The van der Waals surface area contributed by atoms with Crippen molar-refractivity contribution in [3.63, 3.8) is 0 Å². The molecule has 60 heavy (non-hydrogen) atoms. The summed E-state index contributed by atoms with van der Waals surface area (Å²) in [6, 6.07) is 16.5. The van der Waals surface area contributed by atoms with Crippen LogP contribution in [0.5, 0.6) is 17.2 Å². The van der Waals surface area contributed by atoms with Crippen molar-refractivity contribution in [2.75, 3.05) is 26.9 Å². The van der Waals surface area contributed by atoms with Crippen LogP contribution in [-0.2, 0) is 40.2 Å². The number of aliphatic hydroxyl groups is 3. The first-order chi connectivity index (χ1) is 29.2. The number of ether oxygens (including phenoxy) is 5. The number of hydrogen-bond acceptors (Lipinski definition) is 11. The second-order valence-corrected chi connectivity index (χ2v) is 16.7. The molecule has 310 valence electrons. The molecule has 13 nitrogen and oxygen atoms in total. The van der Waals surface area contributed by atoms with Gasteiger partial charge in [0.2, 0.25) is 6.29 Å². The number of nitrogens with zero attached hydrogens (tertiary/aromatic N) is 1. The lowest BCUT2D eigenvalue weighted by Gasteiger charge is -2.47. The number of aromatic amines is 1. The number of aromatic nitrogens is 1. The lowest BCUT2D eigenvalue weighted by molar-refractivity contribution is -0.327. The zero-order chi connectivity index (χ0) is 41.3. The molecule has 1 aromatic heterocycles. The molecule has 1 amide bonds. The van der Waals surface area contributed by atoms with E-state index in [1.165, 1.54) is 18.1 Å². The SMILES string of the molecule is COc1cc2c3c(O)c(c4c(c3c1)CC[C@@H]1CCC[C@H]41)C(=O)CN1Cc3c(cccc3C1=O)CC#CO[C@H]1[C@H](O)[C@@H](COCc3c[nH]c4ccccc34)O[C@H](O2)[C@@]1(O)CO. The summed E-state index contributed by atoms with van der Waals surface area (Å²) in [5.74, 6) is 2.73. The zero-order valence-electron chi connectivity index (χ0n) is 33.1. The Hall–Kier alpha value is -5.62. The summed E-state index contributed by atoms with van der Waals surface area (Å²) in [7, 11) is 1.50. The maximum Gasteiger partial charge on any atom is 0.254 e. The summed E-state index contributed by atoms with van der Waals surface area (Å²) in [6.07, 6.45) is 3.01. The molecule has 13 heteroatoms. The smallest absolute Gasteiger partial charge is 0.254 e. The number of aliphatic hydroxyl groups excluding tert-OH is 2. The Balaban J connectivity index is 1.11. The first-order valence-corrected chi connectivity index (χ1v) is 20.6. The Labute approximate surface area is 345 Å². The molecule has 0 unspecified atom stereocenters. The number of amides is 1. The zero-order valence-corrected chi connectivity index (χ0v) is 33.1. The lowest BCUT2D eigenvalue weighted by atomic mass is 9.72. The van der Waals surface area contributed by atoms with E-state index in [1.807, 2.05) is 42.6 Å². The molecule has 5 N–H and O–H groups in total. The summed E-state index contributed by atoms with van der Waals surface area (Å²) < 4.78 is 30.8. The molecule has 4 heterocycles. The van der Waals surface area contributed by atoms with Gasteiger partial charge in [-0.25, -0.2) is 0 Å². The number of Topliss-reactive ketones (excluding diaryl/α,β-unsaturated/α-hetero) is 1. The molecule has 3 aliphatic heterocycles. The molecule has 5 aromatic rings. The van der Waals surface area contributed by atoms with E-state index in [0.29, 0.717) is 29.0 Å². The van der Waals surface area contributed by atoms with Gasteiger partial charge in [0, 0.05) is 47.3 Å². The number of methoxy groups -OCH3 is 1. The average Bonchev–Trinajstić information content (AvgIpc) is 3.99. The van der Waals surface area contributed by atoms with E-state index >= 15 is 0 Å². The van der Waals surface area contributed by atoms with Crippen LogP contribution in [0.15, 0.2) is 60.8 Å². The predicted octanol–water partition coefficient (Wildman–Crippen LogP) is 5.01. The fraction of sp³-hybridized carbons (Fsp3) is 0.404. The van der Waals surface area contributed by atoms with Crippen LogP contribution in [0.2, 0.25) is 0 Å². The molecular formula is C47H46N2O11. The molecule has 7 atom stereocenters. The molecule has 2 aliphatic carbocycles. The quantitative estimate of drug-likeness (QED) is 0.146. The first kappa shape index (κ1) is 38.6. The van der Waals surface area contributed by atoms with Crippen LogP contribution < -0.4 is 9.47 Å². The summed E-state index contributed by atoms with van der Waals surface area (Å²) >= 11 is 0. The summed E-state index contributed by atoms with van der Waals surface area (Å²) in [5.41, 5.74) is 3.22. The van der Waals surface area contributed by atoms with Crippen molar-refractivity contribution in [2.45, 2.75) is 87.8 Å². The molecular weight excluding hydrogens is 769 g/mol. The lowest BCUT2D eigenvalue weighted by Crippen LogP contribution is -2.70. The second-order valence-electron chi connectivity index (χ2n) is 16.7. The molecule has 1 saturated carbocycles. The fourth-order valence-corrected chi connectivity index (χ4v) is 10.4. The van der Waals surface area contributed by atoms with Crippen LogP contribution in [0.1, 0.15) is 80.1 Å². The second kappa shape index (κ2) is 15.1. The minimum absolute atomic E-state index is 0.000724. The van der Waals surface area contributed by atoms with E-state index in [4.69, 9.17) is 23.7 Å². The summed E-state index contributed by atoms with van der Waals surface area (Å²) in [5, 5.41) is 49.4. The van der Waals surface area contributed by atoms with Crippen LogP contribution in [0.25, 0.3) is 21.7 Å². The van der Waals surface area contributed by atoms with Gasteiger partial charge >= 0.3 is 0 Å². The van der Waals surface area contributed by atoms with Crippen molar-refractivity contribution in [1.82, 2.24) is 9.88 Å². The number of carbonyl (C=O) groups is 2. The average molecular weight is 815 g/mol. The number of rotatable bonds is 6. The maximum atomic E-state index is 14.8. The highest BCUT2D eigenvalue weighted by molar-refractivity contribution is 6.12. The highest BCUT2D eigenvalue weighted by Gasteiger charge is 2.59. The van der Waals surface area contributed by atoms with E-state index < -0.39 is 42.6 Å². The number of aryl methyl sites for hydroxylation is 1. The van der Waals surface area contributed by atoms with Crippen LogP contribution in [-0.4, -0.2) is 99.1 Å². The first-order valence-electron chi connectivity index (χ1n) is 20.6. The normalized spacial score (nSPS) is 27.1. The van der Waals surface area contributed by atoms with Gasteiger partial charge in [0.1, 0.15) is 35.6 Å². The minimum atomic E-state index is -2.41. The number of H-pyrrole nitrogens is 1. The topological polar surface area (TPSA) is 180 Å². The number of phenols is 1. The van der Waals surface area contributed by atoms with Gasteiger partial charge in [-0.05, 0) is 83.4 Å². The predicted molar refractivity (Wildman–Crippen MR) is 218 cm³/mol. The summed E-state index contributed by atoms with van der Waals surface area (Å²) in [4.78, 5) is 33.4. The number of hydrogen-bond donors (Lipinski definition) is 5. The van der Waals surface area contributed by atoms with Gasteiger partial charge in [0.25, 0.3) is 5.91 Å². The third-order valence-electron chi connectivity index (χ3n) is 13.4. The van der Waals surface area contributed by atoms with Crippen LogP contribution >= 0.6 is 0 Å². The third-order valence-corrected chi connectivity index (χ3v) is 13.4. The minimum Gasteiger partial charge on any atom is -0.506 e. The van der Waals surface area contributed by atoms with E-state index in [-0.39, 0.29) is 67.0 Å². The maximum absolute atomic E-state index is 14.8. The molecule has 5 aliphatic rings. The number of nitrogens with one attached hydrogen (secondary N) is 1. The highest BCUT2D eigenvalue weighted by Crippen LogP contribution is 2.54. The molecule has 6 bridgehead atoms. The number of aromatic hydroxyl groups is 1. The molecule has 10 rings (SSSR count). The van der Waals surface area contributed by atoms with Gasteiger partial charge in [0.05, 0.1) is 44.4 Å². The van der Waals surface area contributed by atoms with Crippen LogP contribution in [0.3, 0.4) is 0 Å². The van der Waals surface area contributed by atoms with Gasteiger partial charge < -0.3 is 54.0 Å². The Kier molecular flexibility index (Phi) is 9.73. The van der Waals surface area contributed by atoms with E-state index in [2.05, 4.69) is 17.0 Å². The van der Waals surface area contributed by atoms with Crippen molar-refractivity contribution >= 4 is 33.4 Å². The van der Waals surface area contributed by atoms with Crippen LogP contribution in [0.4, 0.5) is 0 Å². The number of para-hydroxylation sites is 1. The molecule has 2 fully saturated rings. The van der Waals surface area contributed by atoms with Crippen molar-refractivity contribution in [1.29, 1.82) is 0 Å². The van der Waals surface area contributed by atoms with Crippen molar-refractivity contribution in [2.24, 2.45) is 5.92 Å². The van der Waals surface area contributed by atoms with Crippen molar-refractivity contribution < 1.29 is 53.7 Å². The number of fused-ring (bicyclic) bond motifs is 10. The van der Waals surface area contributed by atoms with Crippen LogP contribution in [0, 0.1) is 17.9 Å². The highest BCUT2D eigenvalue weighted by atomic mass is 16.7. The van der Waals surface area contributed by atoms with Gasteiger partial charge in [-0.2, -0.15) is 0 Å². The van der Waals surface area contributed by atoms with Crippen molar-refractivity contribution in [3.8, 4) is 29.3 Å². The number of carbonyl (C=O) groups excluding carboxylic acids is 2. The van der Waals surface area contributed by atoms with Gasteiger partial charge in [-0.15, -0.1) is 0 Å². The molecule has 0 radical (unpaired) electrons. The van der Waals surface area contributed by atoms with Crippen molar-refractivity contribution in [3.05, 3.63) is 99.7 Å². The number of benzene rings is 4. The van der Waals surface area contributed by atoms with E-state index in [9.17, 15) is 30.0 Å². The molecule has 4 aromatic carbocycles. The Morgan fingerprint density at radius 3 is 2.75 bits per heavy atom. The third kappa shape index (κ3) is 6.20. The largest absolute Gasteiger partial charge is 0.506 e. The monoisotopic (exact) mass is 814 g/mol. The standard InChI is InChI=1S/C47H46N2O11/c1-56-28-17-33-31-15-14-26-8-4-11-30(26)39(31)41-36(51)21-49-20-34-25(7-5-12-32(34)45(49)54)9-6-16-58-44-42(52)38(23-57-22-27-19-48-35-13-3-2-10-29(27)35)60-46(47(44,55)24-50)59-37(18-28)40(33)43(41)53/h2-3,5,7,10,12-13,17-19,26,30,38,42,44,46,48,50,52-53,55H,4,8-9,11,14-15,20-24H2,1H3/t26-,30-,38+,42+,44-,46-,47+/m0/s1. The molecule has 0 spiro atoms. The van der Waals surface area contributed by atoms with Gasteiger partial charge in [0.15, 0.2) is 17.5 Å². The number of phenolic OH excluding ortho intramolecular Hbond substituents is 1. The Morgan fingerprint density at radius 1 is 1.03 bits per heavy atom. The Bertz CT molecular complexity index is 2610. The van der Waals surface area contributed by atoms with E-state index in [1.54, 1.807) is 12.1 Å². The van der Waals surface area contributed by atoms with Gasteiger partial charge in [-0.1, -0.05) is 42.7 Å². The van der Waals surface area contributed by atoms with E-state index in [0.717, 1.165) is 64.4 Å². The van der Waals surface area contributed by atoms with Gasteiger partial charge in [-0.3, -0.25) is 9.59 Å². The Morgan fingerprint density at radius 2 is 1.90 bits per heavy atom. The molecule has 1 saturated heterocycles. The fourth-order valence-electron chi connectivity index (χ4n) is 10.4.